The molecule has 1 aliphatic heterocycles. The Labute approximate surface area is 125 Å². The molecule has 21 heavy (non-hydrogen) atoms. The van der Waals surface area contributed by atoms with E-state index in [1.165, 1.54) is 0 Å². The lowest BCUT2D eigenvalue weighted by Crippen LogP contribution is -2.36. The van der Waals surface area contributed by atoms with Crippen molar-refractivity contribution < 1.29 is 9.59 Å². The Bertz CT molecular complexity index is 570. The molecule has 1 aliphatic carbocycles. The molecule has 0 radical (unpaired) electrons. The fourth-order valence-corrected chi connectivity index (χ4v) is 3.87. The van der Waals surface area contributed by atoms with Gasteiger partial charge in [0.25, 0.3) is 0 Å². The third kappa shape index (κ3) is 2.85. The largest absolute Gasteiger partial charge is 0.356 e. The molecule has 0 unspecified atom stereocenters. The van der Waals surface area contributed by atoms with Crippen LogP contribution in [0.5, 0.6) is 0 Å². The van der Waals surface area contributed by atoms with E-state index in [0.717, 1.165) is 44.3 Å². The monoisotopic (exact) mass is 286 g/mol. The molecule has 2 fully saturated rings. The van der Waals surface area contributed by atoms with Crippen molar-refractivity contribution >= 4 is 11.7 Å². The number of carbonyl (C=O) groups excluding carboxylic acids is 2. The highest BCUT2D eigenvalue weighted by molar-refractivity contribution is 5.94. The summed E-state index contributed by atoms with van der Waals surface area (Å²) in [7, 11) is 0. The zero-order valence-electron chi connectivity index (χ0n) is 12.5. The topological polar surface area (TPSA) is 59.1 Å². The maximum atomic E-state index is 12.4. The minimum Gasteiger partial charge on any atom is -0.356 e. The van der Waals surface area contributed by atoms with Gasteiger partial charge in [0, 0.05) is 18.7 Å². The third-order valence-corrected chi connectivity index (χ3v) is 4.97. The van der Waals surface area contributed by atoms with Crippen LogP contribution >= 0.6 is 0 Å². The molecule has 1 aromatic heterocycles. The average molecular weight is 286 g/mol. The van der Waals surface area contributed by atoms with Gasteiger partial charge >= 0.3 is 0 Å². The molecule has 2 atom stereocenters. The number of nitrogens with one attached hydrogen (secondary N) is 1. The smallest absolute Gasteiger partial charge is 0.226 e. The molecule has 1 amide bonds. The fourth-order valence-electron chi connectivity index (χ4n) is 3.87. The summed E-state index contributed by atoms with van der Waals surface area (Å²) >= 11 is 0. The van der Waals surface area contributed by atoms with Crippen molar-refractivity contribution in [1.82, 2.24) is 10.3 Å². The number of rotatable bonds is 3. The normalized spacial score (nSPS) is 28.6. The molecule has 1 saturated carbocycles. The summed E-state index contributed by atoms with van der Waals surface area (Å²) in [6.45, 7) is 2.69. The fraction of sp³-hybridized carbons (Fsp3) is 0.588. The summed E-state index contributed by atoms with van der Waals surface area (Å²) in [4.78, 5) is 28.8. The van der Waals surface area contributed by atoms with E-state index in [-0.39, 0.29) is 17.1 Å². The number of carbonyl (C=O) groups is 2. The second-order valence-electron chi connectivity index (χ2n) is 6.54. The van der Waals surface area contributed by atoms with Gasteiger partial charge in [0.1, 0.15) is 5.69 Å². The van der Waals surface area contributed by atoms with E-state index in [0.29, 0.717) is 18.0 Å². The first-order chi connectivity index (χ1) is 10.1. The van der Waals surface area contributed by atoms with Gasteiger partial charge in [0.2, 0.25) is 5.91 Å². The van der Waals surface area contributed by atoms with E-state index >= 15 is 0 Å². The van der Waals surface area contributed by atoms with E-state index in [1.807, 2.05) is 19.1 Å². The predicted octanol–water partition coefficient (Wildman–Crippen LogP) is 2.66. The van der Waals surface area contributed by atoms with Crippen molar-refractivity contribution in [3.8, 4) is 0 Å². The first-order valence-electron chi connectivity index (χ1n) is 7.84. The lowest BCUT2D eigenvalue weighted by molar-refractivity contribution is -0.130. The number of hydrogen-bond donors (Lipinski definition) is 1. The van der Waals surface area contributed by atoms with Crippen molar-refractivity contribution in [3.05, 3.63) is 29.6 Å². The van der Waals surface area contributed by atoms with Crippen molar-refractivity contribution in [1.29, 1.82) is 0 Å². The summed E-state index contributed by atoms with van der Waals surface area (Å²) in [5, 5.41) is 2.96. The molecule has 2 heterocycles. The van der Waals surface area contributed by atoms with Gasteiger partial charge in [-0.1, -0.05) is 12.5 Å². The quantitative estimate of drug-likeness (QED) is 0.869. The SMILES string of the molecule is Cc1cccc(C(=O)C[C@H]2CCC[C@]3(CCNC3=O)C2)n1. The average Bonchev–Trinajstić information content (AvgIpc) is 2.80. The minimum absolute atomic E-state index is 0.110. The number of pyridine rings is 1. The first kappa shape index (κ1) is 14.2. The van der Waals surface area contributed by atoms with Crippen LogP contribution in [0, 0.1) is 18.3 Å². The van der Waals surface area contributed by atoms with Gasteiger partial charge in [-0.2, -0.15) is 0 Å². The Morgan fingerprint density at radius 3 is 3.00 bits per heavy atom. The molecule has 1 spiro atoms. The van der Waals surface area contributed by atoms with Crippen LogP contribution in [-0.2, 0) is 4.79 Å². The molecule has 4 heteroatoms. The van der Waals surface area contributed by atoms with Crippen LogP contribution in [0.15, 0.2) is 18.2 Å². The summed E-state index contributed by atoms with van der Waals surface area (Å²) < 4.78 is 0. The van der Waals surface area contributed by atoms with E-state index < -0.39 is 0 Å². The van der Waals surface area contributed by atoms with Gasteiger partial charge in [-0.25, -0.2) is 0 Å². The minimum atomic E-state index is -0.191. The number of hydrogen-bond acceptors (Lipinski definition) is 3. The predicted molar refractivity (Wildman–Crippen MR) is 79.9 cm³/mol. The number of ketones is 1. The summed E-state index contributed by atoms with van der Waals surface area (Å²) in [6, 6.07) is 5.56. The van der Waals surface area contributed by atoms with E-state index in [4.69, 9.17) is 0 Å². The van der Waals surface area contributed by atoms with Crippen LogP contribution in [-0.4, -0.2) is 23.2 Å². The second kappa shape index (κ2) is 5.58. The number of amides is 1. The maximum absolute atomic E-state index is 12.4. The van der Waals surface area contributed by atoms with Crippen LogP contribution in [0.4, 0.5) is 0 Å². The Morgan fingerprint density at radius 1 is 1.43 bits per heavy atom. The summed E-state index contributed by atoms with van der Waals surface area (Å²) in [6.07, 6.45) is 5.38. The molecule has 1 aromatic rings. The van der Waals surface area contributed by atoms with Gasteiger partial charge in [0.05, 0.1) is 5.41 Å². The van der Waals surface area contributed by atoms with E-state index in [1.54, 1.807) is 6.07 Å². The van der Waals surface area contributed by atoms with Crippen molar-refractivity contribution in [3.63, 3.8) is 0 Å². The number of Topliss-reactive ketones (excluding diaryl/α,β-unsaturated/α-hetero) is 1. The molecule has 0 aromatic carbocycles. The van der Waals surface area contributed by atoms with Gasteiger partial charge in [-0.05, 0) is 50.7 Å². The second-order valence-corrected chi connectivity index (χ2v) is 6.54. The zero-order valence-corrected chi connectivity index (χ0v) is 12.5. The number of aromatic nitrogens is 1. The molecule has 3 rings (SSSR count). The highest BCUT2D eigenvalue weighted by Crippen LogP contribution is 2.45. The molecule has 1 N–H and O–H groups in total. The van der Waals surface area contributed by atoms with Crippen LogP contribution < -0.4 is 5.32 Å². The van der Waals surface area contributed by atoms with Crippen LogP contribution in [0.2, 0.25) is 0 Å². The summed E-state index contributed by atoms with van der Waals surface area (Å²) in [5.74, 6) is 0.630. The Hall–Kier alpha value is -1.71. The van der Waals surface area contributed by atoms with E-state index in [2.05, 4.69) is 10.3 Å². The maximum Gasteiger partial charge on any atom is 0.226 e. The highest BCUT2D eigenvalue weighted by Gasteiger charge is 2.45. The standard InChI is InChI=1S/C17H22N2O2/c1-12-4-2-6-14(19-12)15(20)10-13-5-3-7-17(11-13)8-9-18-16(17)21/h2,4,6,13H,3,5,7-11H2,1H3,(H,18,21)/t13-,17+/m1/s1. The third-order valence-electron chi connectivity index (χ3n) is 4.97. The summed E-state index contributed by atoms with van der Waals surface area (Å²) in [5.41, 5.74) is 1.24. The molecular formula is C17H22N2O2. The zero-order chi connectivity index (χ0) is 14.9. The number of aryl methyl sites for hydroxylation is 1. The Balaban J connectivity index is 1.67. The first-order valence-corrected chi connectivity index (χ1v) is 7.84. The van der Waals surface area contributed by atoms with Gasteiger partial charge in [0.15, 0.2) is 5.78 Å². The molecule has 2 aliphatic rings. The van der Waals surface area contributed by atoms with Gasteiger partial charge in [-0.3, -0.25) is 14.6 Å². The van der Waals surface area contributed by atoms with Crippen LogP contribution in [0.1, 0.15) is 54.7 Å². The Morgan fingerprint density at radius 2 is 2.29 bits per heavy atom. The lowest BCUT2D eigenvalue weighted by Gasteiger charge is -2.35. The molecule has 4 nitrogen and oxygen atoms in total. The molecular weight excluding hydrogens is 264 g/mol. The van der Waals surface area contributed by atoms with Crippen molar-refractivity contribution in [2.45, 2.75) is 45.4 Å². The highest BCUT2D eigenvalue weighted by atomic mass is 16.2. The molecule has 112 valence electrons. The van der Waals surface area contributed by atoms with Crippen molar-refractivity contribution in [2.24, 2.45) is 11.3 Å². The number of nitrogens with zero attached hydrogens (tertiary/aromatic N) is 1. The molecule has 1 saturated heterocycles. The van der Waals surface area contributed by atoms with Gasteiger partial charge < -0.3 is 5.32 Å². The van der Waals surface area contributed by atoms with Crippen LogP contribution in [0.25, 0.3) is 0 Å². The van der Waals surface area contributed by atoms with Crippen molar-refractivity contribution in [2.75, 3.05) is 6.54 Å². The Kier molecular flexibility index (Phi) is 3.79. The van der Waals surface area contributed by atoms with E-state index in [9.17, 15) is 9.59 Å². The molecule has 0 bridgehead atoms. The lowest BCUT2D eigenvalue weighted by atomic mass is 9.67. The van der Waals surface area contributed by atoms with Gasteiger partial charge in [-0.15, -0.1) is 0 Å². The van der Waals surface area contributed by atoms with Crippen LogP contribution in [0.3, 0.4) is 0 Å².